The van der Waals surface area contributed by atoms with Gasteiger partial charge in [-0.1, -0.05) is 66.7 Å². The van der Waals surface area contributed by atoms with Crippen molar-refractivity contribution < 1.29 is 38.0 Å². The molecule has 0 saturated heterocycles. The van der Waals surface area contributed by atoms with Gasteiger partial charge in [-0.3, -0.25) is 9.98 Å². The second-order valence-electron chi connectivity index (χ2n) is 21.4. The number of hydrogen-bond donors (Lipinski definition) is 7. The molecule has 22 nitrogen and oxygen atoms in total. The van der Waals surface area contributed by atoms with Crippen molar-refractivity contribution in [3.8, 4) is 59.2 Å². The van der Waals surface area contributed by atoms with E-state index in [9.17, 15) is 4.79 Å². The van der Waals surface area contributed by atoms with Crippen LogP contribution >= 0.6 is 0 Å². The maximum absolute atomic E-state index is 11.5. The predicted octanol–water partition coefficient (Wildman–Crippen LogP) is 11.8. The number of unbranched alkanes of at least 4 members (excludes halogenated alkanes) is 1. The summed E-state index contributed by atoms with van der Waals surface area (Å²) in [7, 11) is 0. The predicted molar refractivity (Wildman–Crippen MR) is 371 cm³/mol. The minimum Gasteiger partial charge on any atom is -0.493 e. The number of carbonyl (C=O) groups excluding carboxylic acids is 1. The van der Waals surface area contributed by atoms with Crippen molar-refractivity contribution >= 4 is 68.6 Å². The molecule has 7 rings (SSSR count). The quantitative estimate of drug-likeness (QED) is 0.00301. The number of fused-ring (bicyclic) bond motifs is 2. The lowest BCUT2D eigenvalue weighted by Gasteiger charge is -2.19. The highest BCUT2D eigenvalue weighted by Crippen LogP contribution is 2.32. The highest BCUT2D eigenvalue weighted by molar-refractivity contribution is 6.40. The number of alkyl carbamates (subject to hydrolysis) is 1. The number of ether oxygens (including phenoxy) is 7. The van der Waals surface area contributed by atoms with Crippen molar-refractivity contribution in [1.29, 1.82) is 0 Å². The Kier molecular flexibility index (Phi) is 31.8. The van der Waals surface area contributed by atoms with Gasteiger partial charge in [0.25, 0.3) is 0 Å². The number of amides is 1. The third-order valence-corrected chi connectivity index (χ3v) is 12.8. The summed E-state index contributed by atoms with van der Waals surface area (Å²) in [6.45, 7) is 13.0. The number of hydrogen-bond acceptors (Lipinski definition) is 19. The summed E-state index contributed by atoms with van der Waals surface area (Å²) in [6, 6.07) is 39.6. The van der Waals surface area contributed by atoms with Crippen molar-refractivity contribution in [3.63, 3.8) is 0 Å². The van der Waals surface area contributed by atoms with Gasteiger partial charge in [0, 0.05) is 81.9 Å². The van der Waals surface area contributed by atoms with Crippen molar-refractivity contribution in [3.05, 3.63) is 160 Å². The number of azide groups is 1. The highest BCUT2D eigenvalue weighted by Gasteiger charge is 2.16. The van der Waals surface area contributed by atoms with Gasteiger partial charge in [0.2, 0.25) is 0 Å². The van der Waals surface area contributed by atoms with Gasteiger partial charge in [-0.25, -0.2) is 4.79 Å². The summed E-state index contributed by atoms with van der Waals surface area (Å²) >= 11 is 0. The molecule has 0 aliphatic rings. The molecular weight excluding hydrogens is 1160 g/mol. The minimum atomic E-state index is -0.517. The van der Waals surface area contributed by atoms with E-state index in [-0.39, 0.29) is 0 Å². The van der Waals surface area contributed by atoms with E-state index in [0.29, 0.717) is 142 Å². The first-order chi connectivity index (χ1) is 44.7. The number of aliphatic imine (C=N–C) groups is 2. The normalized spacial score (nSPS) is 11.3. The molecule has 0 aliphatic carbocycles. The maximum Gasteiger partial charge on any atom is 0.407 e. The second kappa shape index (κ2) is 40.3. The molecule has 0 spiro atoms. The first kappa shape index (κ1) is 72.4. The molecule has 13 N–H and O–H groups in total. The lowest BCUT2D eigenvalue weighted by Crippen LogP contribution is -2.33. The van der Waals surface area contributed by atoms with Crippen molar-refractivity contribution in [2.75, 3.05) is 72.4 Å². The van der Waals surface area contributed by atoms with Gasteiger partial charge < -0.3 is 73.1 Å². The molecule has 7 aromatic rings. The lowest BCUT2D eigenvalue weighted by molar-refractivity contribution is 0.0525. The summed E-state index contributed by atoms with van der Waals surface area (Å²) < 4.78 is 39.9. The van der Waals surface area contributed by atoms with Gasteiger partial charge in [0.15, 0.2) is 0 Å². The first-order valence-electron chi connectivity index (χ1n) is 30.4. The maximum atomic E-state index is 11.5. The Balaban J connectivity index is 0.000000314. The summed E-state index contributed by atoms with van der Waals surface area (Å²) in [5.74, 6) is 20.6. The Morgan fingerprint density at radius 3 is 1.22 bits per heavy atom. The van der Waals surface area contributed by atoms with Crippen LogP contribution in [0.2, 0.25) is 0 Å². The highest BCUT2D eigenvalue weighted by atomic mass is 16.6. The monoisotopic (exact) mass is 1250 g/mol. The van der Waals surface area contributed by atoms with Gasteiger partial charge in [0.05, 0.1) is 63.4 Å². The molecule has 92 heavy (non-hydrogen) atoms. The fourth-order valence-electron chi connectivity index (χ4n) is 8.25. The molecule has 0 atom stereocenters. The smallest absolute Gasteiger partial charge is 0.407 e. The van der Waals surface area contributed by atoms with Crippen LogP contribution < -0.4 is 68.4 Å². The average Bonchev–Trinajstić information content (AvgIpc) is 0.849. The van der Waals surface area contributed by atoms with E-state index in [2.05, 4.69) is 54.3 Å². The molecule has 0 saturated carbocycles. The molecular formula is C70H86N14O8. The first-order valence-corrected chi connectivity index (χ1v) is 30.4. The lowest BCUT2D eigenvalue weighted by atomic mass is 10.0. The third-order valence-electron chi connectivity index (χ3n) is 12.8. The molecule has 0 bridgehead atoms. The number of rotatable bonds is 32. The molecule has 0 radical (unpaired) electrons. The number of hydrazone groups is 2. The number of nitrogens with two attached hydrogens (primary N) is 6. The summed E-state index contributed by atoms with van der Waals surface area (Å²) in [5.41, 5.74) is 36.5. The molecule has 0 fully saturated rings. The fraction of sp³-hybridized carbons (Fsp3) is 0.329. The number of carbonyl (C=O) groups is 1. The topological polar surface area (TPSA) is 348 Å². The average molecular weight is 1250 g/mol. The van der Waals surface area contributed by atoms with Crippen LogP contribution in [0.15, 0.2) is 153 Å². The number of nitrogens with zero attached hydrogens (tertiary/aromatic N) is 7. The van der Waals surface area contributed by atoms with Crippen LogP contribution in [0, 0.1) is 24.7 Å². The Bertz CT molecular complexity index is 3500. The van der Waals surface area contributed by atoms with Gasteiger partial charge in [-0.05, 0) is 161 Å². The van der Waals surface area contributed by atoms with Gasteiger partial charge in [-0.15, -0.1) is 12.8 Å². The van der Waals surface area contributed by atoms with Crippen LogP contribution in [-0.4, -0.2) is 108 Å². The van der Waals surface area contributed by atoms with Crippen LogP contribution in [-0.2, 0) is 4.74 Å². The molecule has 0 aromatic heterocycles. The van der Waals surface area contributed by atoms with Gasteiger partial charge >= 0.3 is 6.09 Å². The second-order valence-corrected chi connectivity index (χ2v) is 21.4. The molecule has 22 heteroatoms. The van der Waals surface area contributed by atoms with E-state index in [4.69, 9.17) is 86.2 Å². The molecule has 0 aliphatic heterocycles. The zero-order valence-electron chi connectivity index (χ0n) is 53.0. The van der Waals surface area contributed by atoms with E-state index in [0.717, 1.165) is 82.3 Å². The standard InChI is InChI=1S/C38H50N10O4.C18H28N4O4.C14H8/c39-9-1-13-49-33-19-31(20-34(23-33)50-14-2-10-40)45-25-37(47-43)28-7-5-27-6-8-29(18-30(27)17-28)38(48-44)26-46-32-21-35(51-15-3-11-41)24-36(22-32)52-16-4-12-42;1-5-6-9-24-15-11-14(21-22-19)12-16(13-15)25-10-7-8-20-17(23)26-18(2,3)4;1-3-11-5-7-13-8-6-12(4-2)10-14(13)9-11/h5-8,17-26H,1-4,9-16,39-44H2;11-13H,5-10H2,1-4H3,(H,20,23);1-2,5-10H. The van der Waals surface area contributed by atoms with Crippen LogP contribution in [0.5, 0.6) is 34.5 Å². The van der Waals surface area contributed by atoms with Crippen LogP contribution in [0.4, 0.5) is 21.9 Å². The van der Waals surface area contributed by atoms with Crippen molar-refractivity contribution in [2.24, 2.45) is 59.9 Å². The molecule has 0 heterocycles. The Morgan fingerprint density at radius 2 is 0.870 bits per heavy atom. The van der Waals surface area contributed by atoms with Crippen LogP contribution in [0.3, 0.4) is 0 Å². The van der Waals surface area contributed by atoms with E-state index in [1.54, 1.807) is 30.6 Å². The van der Waals surface area contributed by atoms with Gasteiger partial charge in [0.1, 0.15) is 51.5 Å². The number of terminal acetylenes is 2. The Hall–Kier alpha value is -10.3. The van der Waals surface area contributed by atoms with E-state index < -0.39 is 11.7 Å². The van der Waals surface area contributed by atoms with E-state index >= 15 is 0 Å². The van der Waals surface area contributed by atoms with E-state index in [1.165, 1.54) is 0 Å². The third kappa shape index (κ3) is 26.4. The zero-order valence-corrected chi connectivity index (χ0v) is 53.0. The number of nitrogens with one attached hydrogen (secondary N) is 1. The minimum absolute atomic E-state index is 0.393. The van der Waals surface area contributed by atoms with Gasteiger partial charge in [-0.2, -0.15) is 10.2 Å². The van der Waals surface area contributed by atoms with Crippen molar-refractivity contribution in [1.82, 2.24) is 5.32 Å². The molecule has 0 unspecified atom stereocenters. The number of benzene rings is 7. The summed E-state index contributed by atoms with van der Waals surface area (Å²) in [4.78, 5) is 23.6. The molecule has 484 valence electrons. The van der Waals surface area contributed by atoms with Crippen LogP contribution in [0.1, 0.15) is 94.9 Å². The summed E-state index contributed by atoms with van der Waals surface area (Å²) in [5, 5.41) is 18.5. The molecule has 7 aromatic carbocycles. The Morgan fingerprint density at radius 1 is 0.511 bits per heavy atom. The van der Waals surface area contributed by atoms with Crippen LogP contribution in [0.25, 0.3) is 32.0 Å². The van der Waals surface area contributed by atoms with Crippen molar-refractivity contribution in [2.45, 2.75) is 78.2 Å². The zero-order chi connectivity index (χ0) is 66.4. The van der Waals surface area contributed by atoms with E-state index in [1.807, 2.05) is 130 Å². The Labute approximate surface area is 539 Å². The summed E-state index contributed by atoms with van der Waals surface area (Å²) in [6.07, 6.45) is 18.9. The fourth-order valence-corrected chi connectivity index (χ4v) is 8.25. The SMILES string of the molecule is C#Cc1ccc2ccc(C#C)cc2c1.CCCCOc1cc(N=[N+]=[N-])cc(OCCCNC(=O)OC(C)(C)C)c1.NCCCOc1cc(N=CC(=NN)c2ccc3ccc(C(C=Nc4cc(OCCCN)cc(OCCCN)c4)=NN)cc3c2)cc(OCCCN)c1. The molecule has 1 amide bonds. The largest absolute Gasteiger partial charge is 0.493 e.